The zero-order valence-electron chi connectivity index (χ0n) is 11.6. The third-order valence-corrected chi connectivity index (χ3v) is 4.57. The first-order valence-electron chi connectivity index (χ1n) is 7.18. The van der Waals surface area contributed by atoms with Gasteiger partial charge in [0.25, 0.3) is 0 Å². The lowest BCUT2D eigenvalue weighted by Gasteiger charge is -2.40. The highest BCUT2D eigenvalue weighted by molar-refractivity contribution is 5.89. The van der Waals surface area contributed by atoms with Crippen molar-refractivity contribution in [2.75, 3.05) is 6.61 Å². The summed E-state index contributed by atoms with van der Waals surface area (Å²) in [6, 6.07) is 0.121. The summed E-state index contributed by atoms with van der Waals surface area (Å²) in [5.41, 5.74) is -0.119. The Hall–Kier alpha value is -1.10. The van der Waals surface area contributed by atoms with Crippen molar-refractivity contribution >= 4 is 11.9 Å². The standard InChI is InChI=1S/C14H23NO4/c1-3-14(4-2)8-9(5-6-19-14)15-12(16)10-7-11(10)13(17)18/h9-11H,3-8H2,1-2H3,(H,15,16)(H,17,18)/t9?,10-,11+/m1/s1. The molecule has 1 unspecified atom stereocenters. The monoisotopic (exact) mass is 269 g/mol. The van der Waals surface area contributed by atoms with Gasteiger partial charge in [0.15, 0.2) is 0 Å². The van der Waals surface area contributed by atoms with Crippen LogP contribution < -0.4 is 5.32 Å². The van der Waals surface area contributed by atoms with Gasteiger partial charge in [-0.1, -0.05) is 13.8 Å². The van der Waals surface area contributed by atoms with Gasteiger partial charge in [-0.15, -0.1) is 0 Å². The van der Waals surface area contributed by atoms with Crippen LogP contribution in [0.5, 0.6) is 0 Å². The van der Waals surface area contributed by atoms with Gasteiger partial charge in [0.1, 0.15) is 0 Å². The summed E-state index contributed by atoms with van der Waals surface area (Å²) >= 11 is 0. The molecule has 0 bridgehead atoms. The maximum absolute atomic E-state index is 12.0. The van der Waals surface area contributed by atoms with Crippen molar-refractivity contribution in [1.29, 1.82) is 0 Å². The van der Waals surface area contributed by atoms with Crippen LogP contribution in [0.4, 0.5) is 0 Å². The number of hydrogen-bond donors (Lipinski definition) is 2. The molecule has 1 saturated carbocycles. The van der Waals surface area contributed by atoms with Crippen LogP contribution in [0, 0.1) is 11.8 Å². The molecule has 0 aromatic carbocycles. The number of aliphatic carboxylic acids is 1. The third kappa shape index (κ3) is 3.08. The van der Waals surface area contributed by atoms with Gasteiger partial charge in [-0.25, -0.2) is 0 Å². The Morgan fingerprint density at radius 2 is 2.00 bits per heavy atom. The molecule has 0 aromatic rings. The van der Waals surface area contributed by atoms with E-state index < -0.39 is 11.9 Å². The van der Waals surface area contributed by atoms with Crippen molar-refractivity contribution in [2.24, 2.45) is 11.8 Å². The molecule has 2 N–H and O–H groups in total. The molecule has 19 heavy (non-hydrogen) atoms. The van der Waals surface area contributed by atoms with Crippen molar-refractivity contribution in [1.82, 2.24) is 5.32 Å². The second-order valence-corrected chi connectivity index (χ2v) is 5.72. The van der Waals surface area contributed by atoms with Crippen molar-refractivity contribution in [3.8, 4) is 0 Å². The number of carbonyl (C=O) groups excluding carboxylic acids is 1. The van der Waals surface area contributed by atoms with E-state index in [1.807, 2.05) is 0 Å². The Morgan fingerprint density at radius 1 is 1.32 bits per heavy atom. The molecule has 0 radical (unpaired) electrons. The van der Waals surface area contributed by atoms with E-state index in [2.05, 4.69) is 19.2 Å². The molecule has 1 amide bonds. The summed E-state index contributed by atoms with van der Waals surface area (Å²) in [5, 5.41) is 11.8. The van der Waals surface area contributed by atoms with Gasteiger partial charge in [-0.05, 0) is 32.1 Å². The molecule has 2 rings (SSSR count). The number of carboxylic acid groups (broad SMARTS) is 1. The molecule has 2 aliphatic rings. The van der Waals surface area contributed by atoms with Crippen molar-refractivity contribution < 1.29 is 19.4 Å². The lowest BCUT2D eigenvalue weighted by atomic mass is 9.86. The largest absolute Gasteiger partial charge is 0.481 e. The van der Waals surface area contributed by atoms with Crippen LogP contribution >= 0.6 is 0 Å². The first-order valence-corrected chi connectivity index (χ1v) is 7.18. The van der Waals surface area contributed by atoms with Gasteiger partial charge in [0, 0.05) is 12.6 Å². The van der Waals surface area contributed by atoms with E-state index in [1.165, 1.54) is 0 Å². The molecule has 5 nitrogen and oxygen atoms in total. The number of amides is 1. The van der Waals surface area contributed by atoms with Crippen molar-refractivity contribution in [2.45, 2.75) is 57.6 Å². The Kier molecular flexibility index (Phi) is 4.13. The Morgan fingerprint density at radius 3 is 2.53 bits per heavy atom. The van der Waals surface area contributed by atoms with Crippen LogP contribution in [0.15, 0.2) is 0 Å². The van der Waals surface area contributed by atoms with Crippen LogP contribution in [0.2, 0.25) is 0 Å². The highest BCUT2D eigenvalue weighted by atomic mass is 16.5. The summed E-state index contributed by atoms with van der Waals surface area (Å²) in [5.74, 6) is -1.75. The molecular weight excluding hydrogens is 246 g/mol. The number of ether oxygens (including phenoxy) is 1. The molecule has 0 spiro atoms. The summed E-state index contributed by atoms with van der Waals surface area (Å²) in [7, 11) is 0. The SMILES string of the molecule is CCC1(CC)CC(NC(=O)[C@@H]2C[C@@H]2C(=O)O)CCO1. The number of carbonyl (C=O) groups is 2. The Bertz CT molecular complexity index is 364. The second kappa shape index (κ2) is 5.49. The highest BCUT2D eigenvalue weighted by Gasteiger charge is 2.49. The van der Waals surface area contributed by atoms with E-state index in [0.29, 0.717) is 13.0 Å². The average Bonchev–Trinajstić information content (AvgIpc) is 3.19. The van der Waals surface area contributed by atoms with Gasteiger partial charge in [0.05, 0.1) is 17.4 Å². The fourth-order valence-electron chi connectivity index (χ4n) is 2.96. The topological polar surface area (TPSA) is 75.6 Å². The molecule has 1 aliphatic carbocycles. The van der Waals surface area contributed by atoms with E-state index in [0.717, 1.165) is 25.7 Å². The lowest BCUT2D eigenvalue weighted by Crippen LogP contribution is -2.48. The summed E-state index contributed by atoms with van der Waals surface area (Å²) in [4.78, 5) is 22.7. The summed E-state index contributed by atoms with van der Waals surface area (Å²) in [6.07, 6.45) is 4.01. The van der Waals surface area contributed by atoms with Gasteiger partial charge < -0.3 is 15.2 Å². The maximum Gasteiger partial charge on any atom is 0.307 e. The first kappa shape index (κ1) is 14.3. The molecule has 108 valence electrons. The minimum absolute atomic E-state index is 0.0968. The quantitative estimate of drug-likeness (QED) is 0.794. The summed E-state index contributed by atoms with van der Waals surface area (Å²) in [6.45, 7) is 4.88. The molecule has 5 heteroatoms. The highest BCUT2D eigenvalue weighted by Crippen LogP contribution is 2.39. The molecule has 2 fully saturated rings. The van der Waals surface area contributed by atoms with Crippen LogP contribution in [0.1, 0.15) is 46.0 Å². The lowest BCUT2D eigenvalue weighted by molar-refractivity contribution is -0.140. The third-order valence-electron chi connectivity index (χ3n) is 4.57. The number of carboxylic acids is 1. The minimum atomic E-state index is -0.858. The van der Waals surface area contributed by atoms with Gasteiger partial charge >= 0.3 is 5.97 Å². The zero-order chi connectivity index (χ0) is 14.0. The van der Waals surface area contributed by atoms with Gasteiger partial charge in [-0.3, -0.25) is 9.59 Å². The normalized spacial score (nSPS) is 32.6. The van der Waals surface area contributed by atoms with E-state index in [4.69, 9.17) is 9.84 Å². The Labute approximate surface area is 113 Å². The van der Waals surface area contributed by atoms with Crippen LogP contribution in [0.3, 0.4) is 0 Å². The van der Waals surface area contributed by atoms with Crippen LogP contribution in [0.25, 0.3) is 0 Å². The fraction of sp³-hybridized carbons (Fsp3) is 0.857. The van der Waals surface area contributed by atoms with E-state index >= 15 is 0 Å². The summed E-state index contributed by atoms with van der Waals surface area (Å²) < 4.78 is 5.87. The minimum Gasteiger partial charge on any atom is -0.481 e. The van der Waals surface area contributed by atoms with Gasteiger partial charge in [-0.2, -0.15) is 0 Å². The number of nitrogens with one attached hydrogen (secondary N) is 1. The van der Waals surface area contributed by atoms with E-state index in [9.17, 15) is 9.59 Å². The predicted molar refractivity (Wildman–Crippen MR) is 69.7 cm³/mol. The zero-order valence-corrected chi connectivity index (χ0v) is 11.6. The molecule has 0 aromatic heterocycles. The second-order valence-electron chi connectivity index (χ2n) is 5.72. The van der Waals surface area contributed by atoms with Gasteiger partial charge in [0.2, 0.25) is 5.91 Å². The van der Waals surface area contributed by atoms with E-state index in [-0.39, 0.29) is 23.5 Å². The van der Waals surface area contributed by atoms with Crippen LogP contribution in [-0.2, 0) is 14.3 Å². The van der Waals surface area contributed by atoms with E-state index in [1.54, 1.807) is 0 Å². The molecule has 3 atom stereocenters. The molecule has 1 heterocycles. The molecule has 1 saturated heterocycles. The average molecular weight is 269 g/mol. The van der Waals surface area contributed by atoms with Crippen LogP contribution in [-0.4, -0.2) is 35.2 Å². The Balaban J connectivity index is 1.86. The fourth-order valence-corrected chi connectivity index (χ4v) is 2.96. The van der Waals surface area contributed by atoms with Crippen molar-refractivity contribution in [3.05, 3.63) is 0 Å². The molecular formula is C14H23NO4. The molecule has 1 aliphatic heterocycles. The maximum atomic E-state index is 12.0. The predicted octanol–water partition coefficient (Wildman–Crippen LogP) is 1.56. The van der Waals surface area contributed by atoms with Crippen molar-refractivity contribution in [3.63, 3.8) is 0 Å². The smallest absolute Gasteiger partial charge is 0.307 e. The number of rotatable bonds is 5. The number of hydrogen-bond acceptors (Lipinski definition) is 3. The first-order chi connectivity index (χ1) is 9.01.